The Balaban J connectivity index is 1.51. The number of amides is 1. The molecule has 0 bridgehead atoms. The molecule has 2 aromatic heterocycles. The molecule has 2 aromatic carbocycles. The summed E-state index contributed by atoms with van der Waals surface area (Å²) < 4.78 is 34.4. The van der Waals surface area contributed by atoms with Gasteiger partial charge in [0.05, 0.1) is 24.7 Å². The monoisotopic (exact) mass is 423 g/mol. The van der Waals surface area contributed by atoms with Crippen molar-refractivity contribution >= 4 is 11.4 Å². The summed E-state index contributed by atoms with van der Waals surface area (Å²) in [6, 6.07) is 14.1. The van der Waals surface area contributed by atoms with Crippen molar-refractivity contribution in [3.8, 4) is 5.75 Å². The number of fused-ring (bicyclic) bond motifs is 1. The number of nitrogens with zero attached hydrogens (tertiary/aromatic N) is 2. The zero-order valence-electron chi connectivity index (χ0n) is 16.6. The molecule has 6 nitrogen and oxygen atoms in total. The van der Waals surface area contributed by atoms with Gasteiger partial charge in [-0.25, -0.2) is 13.6 Å². The van der Waals surface area contributed by atoms with Gasteiger partial charge < -0.3 is 10.1 Å². The summed E-state index contributed by atoms with van der Waals surface area (Å²) in [6.45, 7) is 0.401. The number of halogens is 2. The van der Waals surface area contributed by atoms with E-state index in [4.69, 9.17) is 4.74 Å². The largest absolute Gasteiger partial charge is 0.497 e. The molecule has 31 heavy (non-hydrogen) atoms. The van der Waals surface area contributed by atoms with Crippen LogP contribution in [0.4, 0.5) is 8.78 Å². The second-order valence-electron chi connectivity index (χ2n) is 7.03. The van der Waals surface area contributed by atoms with Crippen LogP contribution < -0.4 is 15.7 Å². The number of nitrogens with one attached hydrogen (secondary N) is 1. The van der Waals surface area contributed by atoms with Crippen molar-refractivity contribution in [2.75, 3.05) is 7.11 Å². The van der Waals surface area contributed by atoms with E-state index >= 15 is 0 Å². The van der Waals surface area contributed by atoms with E-state index in [0.29, 0.717) is 23.2 Å². The third kappa shape index (κ3) is 4.32. The van der Waals surface area contributed by atoms with Crippen LogP contribution in [-0.2, 0) is 13.1 Å². The van der Waals surface area contributed by atoms with Gasteiger partial charge >= 0.3 is 5.69 Å². The molecule has 0 saturated carbocycles. The van der Waals surface area contributed by atoms with Crippen LogP contribution in [0.2, 0.25) is 0 Å². The van der Waals surface area contributed by atoms with Crippen molar-refractivity contribution in [1.29, 1.82) is 0 Å². The highest BCUT2D eigenvalue weighted by Crippen LogP contribution is 2.13. The molecule has 0 aliphatic rings. The zero-order valence-corrected chi connectivity index (χ0v) is 16.6. The Kier molecular flexibility index (Phi) is 5.53. The molecule has 0 unspecified atom stereocenters. The predicted molar refractivity (Wildman–Crippen MR) is 111 cm³/mol. The molecule has 0 fully saturated rings. The highest BCUT2D eigenvalue weighted by atomic mass is 19.2. The van der Waals surface area contributed by atoms with E-state index in [1.165, 1.54) is 21.2 Å². The minimum absolute atomic E-state index is 0.0726. The number of hydrogen-bond acceptors (Lipinski definition) is 3. The van der Waals surface area contributed by atoms with Gasteiger partial charge in [0, 0.05) is 18.9 Å². The summed E-state index contributed by atoms with van der Waals surface area (Å²) in [5.41, 5.74) is 1.87. The Hall–Kier alpha value is -3.94. The lowest BCUT2D eigenvalue weighted by Crippen LogP contribution is -2.26. The second kappa shape index (κ2) is 8.43. The van der Waals surface area contributed by atoms with Gasteiger partial charge in [0.2, 0.25) is 0 Å². The van der Waals surface area contributed by atoms with Crippen molar-refractivity contribution in [1.82, 2.24) is 14.3 Å². The molecule has 0 atom stereocenters. The molecule has 1 amide bonds. The van der Waals surface area contributed by atoms with E-state index in [2.05, 4.69) is 5.32 Å². The van der Waals surface area contributed by atoms with Gasteiger partial charge in [-0.2, -0.15) is 0 Å². The van der Waals surface area contributed by atoms with Gasteiger partial charge in [-0.1, -0.05) is 18.2 Å². The first-order chi connectivity index (χ1) is 14.9. The number of ether oxygens (including phenoxy) is 1. The average Bonchev–Trinajstić information content (AvgIpc) is 3.22. The van der Waals surface area contributed by atoms with E-state index < -0.39 is 17.3 Å². The van der Waals surface area contributed by atoms with E-state index in [-0.39, 0.29) is 12.5 Å². The number of aromatic nitrogens is 2. The number of carbonyl (C=O) groups is 1. The summed E-state index contributed by atoms with van der Waals surface area (Å²) in [6.07, 6.45) is 3.01. The van der Waals surface area contributed by atoms with Crippen molar-refractivity contribution in [3.05, 3.63) is 106 Å². The van der Waals surface area contributed by atoms with Crippen LogP contribution in [0.1, 0.15) is 21.5 Å². The van der Waals surface area contributed by atoms with Gasteiger partial charge in [-0.05, 0) is 47.5 Å². The number of carbonyl (C=O) groups excluding carboxylic acids is 1. The Morgan fingerprint density at radius 2 is 1.74 bits per heavy atom. The highest BCUT2D eigenvalue weighted by Gasteiger charge is 2.12. The predicted octanol–water partition coefficient (Wildman–Crippen LogP) is 3.37. The first kappa shape index (κ1) is 20.3. The molecule has 2 heterocycles. The molecule has 4 aromatic rings. The maximum absolute atomic E-state index is 13.4. The average molecular weight is 423 g/mol. The normalized spacial score (nSPS) is 10.9. The topological polar surface area (TPSA) is 64.7 Å². The lowest BCUT2D eigenvalue weighted by molar-refractivity contribution is 0.0951. The van der Waals surface area contributed by atoms with E-state index in [0.717, 1.165) is 23.4 Å². The standard InChI is InChI=1S/C23H19F2N3O3/c1-31-19-5-2-15(3-6-19)12-26-22(29)17-11-18-8-9-27(23(30)28(18)14-17)13-16-4-7-20(24)21(25)10-16/h2-11,14H,12-13H2,1H3,(H,26,29). The Bertz CT molecular complexity index is 1310. The molecular weight excluding hydrogens is 404 g/mol. The number of benzene rings is 2. The maximum atomic E-state index is 13.4. The van der Waals surface area contributed by atoms with Crippen molar-refractivity contribution in [2.45, 2.75) is 13.1 Å². The Morgan fingerprint density at radius 1 is 1.00 bits per heavy atom. The highest BCUT2D eigenvalue weighted by molar-refractivity contribution is 5.95. The third-order valence-electron chi connectivity index (χ3n) is 4.94. The Morgan fingerprint density at radius 3 is 2.45 bits per heavy atom. The SMILES string of the molecule is COc1ccc(CNC(=O)c2cc3ccn(Cc4ccc(F)c(F)c4)c(=O)n3c2)cc1. The lowest BCUT2D eigenvalue weighted by Gasteiger charge is -2.07. The zero-order chi connectivity index (χ0) is 22.0. The summed E-state index contributed by atoms with van der Waals surface area (Å²) in [5.74, 6) is -1.50. The molecule has 0 saturated heterocycles. The Labute approximate surface area is 176 Å². The molecule has 0 radical (unpaired) electrons. The molecule has 8 heteroatoms. The van der Waals surface area contributed by atoms with E-state index in [1.54, 1.807) is 25.4 Å². The third-order valence-corrected chi connectivity index (χ3v) is 4.94. The maximum Gasteiger partial charge on any atom is 0.332 e. The second-order valence-corrected chi connectivity index (χ2v) is 7.03. The van der Waals surface area contributed by atoms with Crippen LogP contribution in [0.15, 0.2) is 71.8 Å². The van der Waals surface area contributed by atoms with Crippen molar-refractivity contribution in [2.24, 2.45) is 0 Å². The van der Waals surface area contributed by atoms with Crippen molar-refractivity contribution < 1.29 is 18.3 Å². The van der Waals surface area contributed by atoms with Gasteiger partial charge in [-0.15, -0.1) is 0 Å². The van der Waals surface area contributed by atoms with Gasteiger partial charge in [0.25, 0.3) is 5.91 Å². The molecule has 1 N–H and O–H groups in total. The van der Waals surface area contributed by atoms with E-state index in [9.17, 15) is 18.4 Å². The fourth-order valence-electron chi connectivity index (χ4n) is 3.25. The fraction of sp³-hybridized carbons (Fsp3) is 0.130. The minimum atomic E-state index is -0.969. The summed E-state index contributed by atoms with van der Waals surface area (Å²) in [5, 5.41) is 2.82. The minimum Gasteiger partial charge on any atom is -0.497 e. The first-order valence-corrected chi connectivity index (χ1v) is 9.51. The van der Waals surface area contributed by atoms with Gasteiger partial charge in [0.1, 0.15) is 5.75 Å². The van der Waals surface area contributed by atoms with Crippen LogP contribution in [0.5, 0.6) is 5.75 Å². The number of hydrogen-bond donors (Lipinski definition) is 1. The molecular formula is C23H19F2N3O3. The van der Waals surface area contributed by atoms with Gasteiger partial charge in [0.15, 0.2) is 11.6 Å². The van der Waals surface area contributed by atoms with Crippen LogP contribution >= 0.6 is 0 Å². The van der Waals surface area contributed by atoms with Crippen LogP contribution in [-0.4, -0.2) is 22.0 Å². The van der Waals surface area contributed by atoms with Crippen LogP contribution in [0, 0.1) is 11.6 Å². The fourth-order valence-corrected chi connectivity index (χ4v) is 3.25. The summed E-state index contributed by atoms with van der Waals surface area (Å²) in [4.78, 5) is 25.3. The first-order valence-electron chi connectivity index (χ1n) is 9.51. The quantitative estimate of drug-likeness (QED) is 0.517. The van der Waals surface area contributed by atoms with E-state index in [1.807, 2.05) is 24.3 Å². The molecule has 158 valence electrons. The summed E-state index contributed by atoms with van der Waals surface area (Å²) in [7, 11) is 1.58. The molecule has 4 rings (SSSR count). The number of rotatable bonds is 6. The molecule has 0 spiro atoms. The van der Waals surface area contributed by atoms with Crippen molar-refractivity contribution in [3.63, 3.8) is 0 Å². The lowest BCUT2D eigenvalue weighted by atomic mass is 10.2. The summed E-state index contributed by atoms with van der Waals surface area (Å²) >= 11 is 0. The van der Waals surface area contributed by atoms with Crippen LogP contribution in [0.25, 0.3) is 5.52 Å². The molecule has 0 aliphatic carbocycles. The molecule has 0 aliphatic heterocycles. The van der Waals surface area contributed by atoms with Crippen LogP contribution in [0.3, 0.4) is 0 Å². The van der Waals surface area contributed by atoms with Gasteiger partial charge in [-0.3, -0.25) is 13.8 Å². The number of methoxy groups -OCH3 is 1. The smallest absolute Gasteiger partial charge is 0.332 e.